The van der Waals surface area contributed by atoms with E-state index in [1.54, 1.807) is 62.5 Å². The van der Waals surface area contributed by atoms with E-state index in [2.05, 4.69) is 9.72 Å². The van der Waals surface area contributed by atoms with Crippen LogP contribution in [0.5, 0.6) is 0 Å². The number of benzene rings is 2. The van der Waals surface area contributed by atoms with Crippen LogP contribution in [-0.4, -0.2) is 29.6 Å². The summed E-state index contributed by atoms with van der Waals surface area (Å²) in [5.74, 6) is -1.39. The van der Waals surface area contributed by atoms with E-state index in [1.165, 1.54) is 13.2 Å². The molecule has 5 nitrogen and oxygen atoms in total. The van der Waals surface area contributed by atoms with Gasteiger partial charge in [0, 0.05) is 11.8 Å². The molecule has 0 N–H and O–H groups in total. The second-order valence-electron chi connectivity index (χ2n) is 7.67. The molecular formula is C23H22FNO4S. The first-order valence-electron chi connectivity index (χ1n) is 9.32. The molecule has 2 aromatic carbocycles. The van der Waals surface area contributed by atoms with Crippen LogP contribution in [0.3, 0.4) is 0 Å². The Morgan fingerprint density at radius 3 is 2.50 bits per heavy atom. The number of ether oxygens (including phenoxy) is 2. The van der Waals surface area contributed by atoms with E-state index in [9.17, 15) is 14.0 Å². The number of nitrogens with zero attached hydrogens (tertiary/aromatic N) is 1. The van der Waals surface area contributed by atoms with Crippen LogP contribution in [0.4, 0.5) is 4.39 Å². The zero-order valence-corrected chi connectivity index (χ0v) is 18.0. The van der Waals surface area contributed by atoms with E-state index in [1.807, 2.05) is 0 Å². The van der Waals surface area contributed by atoms with Crippen LogP contribution in [0.25, 0.3) is 11.1 Å². The Labute approximate surface area is 178 Å². The van der Waals surface area contributed by atoms with Crippen molar-refractivity contribution in [3.8, 4) is 11.1 Å². The molecule has 1 heterocycles. The Balaban J connectivity index is 1.86. The van der Waals surface area contributed by atoms with Crippen LogP contribution in [0.15, 0.2) is 47.8 Å². The SMILES string of the molecule is COC(=O)c1nc(Cc2ccc(-c3ccccc3C(=O)OC(C)(C)C)cc2F)cs1. The van der Waals surface area contributed by atoms with Gasteiger partial charge in [0.2, 0.25) is 5.01 Å². The molecule has 0 unspecified atom stereocenters. The van der Waals surface area contributed by atoms with E-state index in [-0.39, 0.29) is 11.4 Å². The van der Waals surface area contributed by atoms with Crippen molar-refractivity contribution < 1.29 is 23.5 Å². The lowest BCUT2D eigenvalue weighted by atomic mass is 9.97. The zero-order chi connectivity index (χ0) is 21.9. The van der Waals surface area contributed by atoms with Crippen molar-refractivity contribution in [1.29, 1.82) is 0 Å². The number of carbonyl (C=O) groups excluding carboxylic acids is 2. The highest BCUT2D eigenvalue weighted by molar-refractivity contribution is 7.11. The maximum absolute atomic E-state index is 14.8. The maximum Gasteiger partial charge on any atom is 0.367 e. The highest BCUT2D eigenvalue weighted by atomic mass is 32.1. The number of hydrogen-bond acceptors (Lipinski definition) is 6. The summed E-state index contributed by atoms with van der Waals surface area (Å²) >= 11 is 1.16. The summed E-state index contributed by atoms with van der Waals surface area (Å²) < 4.78 is 24.9. The first-order valence-corrected chi connectivity index (χ1v) is 10.2. The molecule has 0 aliphatic heterocycles. The van der Waals surface area contributed by atoms with Gasteiger partial charge < -0.3 is 9.47 Å². The number of carbonyl (C=O) groups is 2. The minimum atomic E-state index is -0.629. The van der Waals surface area contributed by atoms with Gasteiger partial charge in [-0.05, 0) is 49.6 Å². The van der Waals surface area contributed by atoms with Gasteiger partial charge in [0.1, 0.15) is 11.4 Å². The third-order valence-corrected chi connectivity index (χ3v) is 5.06. The standard InChI is InChI=1S/C23H22FNO4S/c1-23(2,3)29-21(26)18-8-6-5-7-17(18)14-9-10-15(19(24)12-14)11-16-13-30-20(25-16)22(27)28-4/h5-10,12-13H,11H2,1-4H3. The van der Waals surface area contributed by atoms with Gasteiger partial charge in [-0.25, -0.2) is 19.0 Å². The van der Waals surface area contributed by atoms with Gasteiger partial charge in [-0.3, -0.25) is 0 Å². The van der Waals surface area contributed by atoms with E-state index in [4.69, 9.17) is 4.74 Å². The largest absolute Gasteiger partial charge is 0.464 e. The zero-order valence-electron chi connectivity index (χ0n) is 17.2. The second kappa shape index (κ2) is 8.75. The topological polar surface area (TPSA) is 65.5 Å². The minimum absolute atomic E-state index is 0.232. The van der Waals surface area contributed by atoms with E-state index in [0.29, 0.717) is 27.9 Å². The van der Waals surface area contributed by atoms with Crippen molar-refractivity contribution in [2.24, 2.45) is 0 Å². The van der Waals surface area contributed by atoms with Crippen molar-refractivity contribution in [2.45, 2.75) is 32.8 Å². The number of aromatic nitrogens is 1. The van der Waals surface area contributed by atoms with Crippen molar-refractivity contribution in [1.82, 2.24) is 4.98 Å². The van der Waals surface area contributed by atoms with Crippen LogP contribution >= 0.6 is 11.3 Å². The number of thiazole rings is 1. The summed E-state index contributed by atoms with van der Waals surface area (Å²) in [7, 11) is 1.29. The van der Waals surface area contributed by atoms with Crippen LogP contribution in [0.1, 0.15) is 52.2 Å². The van der Waals surface area contributed by atoms with E-state index < -0.39 is 23.4 Å². The van der Waals surface area contributed by atoms with Gasteiger partial charge >= 0.3 is 11.9 Å². The van der Waals surface area contributed by atoms with Crippen molar-refractivity contribution >= 4 is 23.3 Å². The molecule has 0 atom stereocenters. The van der Waals surface area contributed by atoms with E-state index in [0.717, 1.165) is 11.3 Å². The predicted octanol–water partition coefficient (Wildman–Crippen LogP) is 5.28. The number of rotatable bonds is 5. The number of esters is 2. The molecule has 0 fully saturated rings. The molecule has 0 radical (unpaired) electrons. The summed E-state index contributed by atoms with van der Waals surface area (Å²) in [6.45, 7) is 5.39. The Morgan fingerprint density at radius 1 is 1.10 bits per heavy atom. The normalized spacial score (nSPS) is 11.2. The number of methoxy groups -OCH3 is 1. The first-order chi connectivity index (χ1) is 14.2. The Hall–Kier alpha value is -3.06. The molecule has 0 aliphatic rings. The van der Waals surface area contributed by atoms with Gasteiger partial charge in [-0.1, -0.05) is 30.3 Å². The highest BCUT2D eigenvalue weighted by Crippen LogP contribution is 2.28. The molecule has 30 heavy (non-hydrogen) atoms. The highest BCUT2D eigenvalue weighted by Gasteiger charge is 2.21. The fourth-order valence-electron chi connectivity index (χ4n) is 2.87. The smallest absolute Gasteiger partial charge is 0.367 e. The fraction of sp³-hybridized carbons (Fsp3) is 0.261. The quantitative estimate of drug-likeness (QED) is 0.518. The fourth-order valence-corrected chi connectivity index (χ4v) is 3.60. The molecule has 3 rings (SSSR count). The molecule has 3 aromatic rings. The van der Waals surface area contributed by atoms with Crippen LogP contribution < -0.4 is 0 Å². The molecule has 0 saturated heterocycles. The Kier molecular flexibility index (Phi) is 6.31. The second-order valence-corrected chi connectivity index (χ2v) is 8.52. The van der Waals surface area contributed by atoms with Gasteiger partial charge in [0.05, 0.1) is 18.4 Å². The summed E-state index contributed by atoms with van der Waals surface area (Å²) in [5.41, 5.74) is 1.94. The molecule has 0 amide bonds. The summed E-state index contributed by atoms with van der Waals surface area (Å²) in [6, 6.07) is 11.8. The van der Waals surface area contributed by atoms with Crippen molar-refractivity contribution in [3.63, 3.8) is 0 Å². The minimum Gasteiger partial charge on any atom is -0.464 e. The lowest BCUT2D eigenvalue weighted by Crippen LogP contribution is -2.24. The summed E-state index contributed by atoms with van der Waals surface area (Å²) in [4.78, 5) is 28.3. The molecule has 0 bridgehead atoms. The monoisotopic (exact) mass is 427 g/mol. The van der Waals surface area contributed by atoms with Gasteiger partial charge in [-0.15, -0.1) is 11.3 Å². The average molecular weight is 427 g/mol. The van der Waals surface area contributed by atoms with Crippen LogP contribution in [0.2, 0.25) is 0 Å². The molecule has 0 spiro atoms. The molecule has 156 valence electrons. The van der Waals surface area contributed by atoms with E-state index >= 15 is 0 Å². The van der Waals surface area contributed by atoms with Gasteiger partial charge in [-0.2, -0.15) is 0 Å². The molecule has 0 aliphatic carbocycles. The molecule has 1 aromatic heterocycles. The van der Waals surface area contributed by atoms with Crippen LogP contribution in [0, 0.1) is 5.82 Å². The van der Waals surface area contributed by atoms with Gasteiger partial charge in [0.15, 0.2) is 0 Å². The molecular weight excluding hydrogens is 405 g/mol. The maximum atomic E-state index is 14.8. The van der Waals surface area contributed by atoms with Gasteiger partial charge in [0.25, 0.3) is 0 Å². The third-order valence-electron chi connectivity index (χ3n) is 4.19. The number of hydrogen-bond donors (Lipinski definition) is 0. The number of halogens is 1. The summed E-state index contributed by atoms with van der Waals surface area (Å²) in [5, 5.41) is 1.94. The third kappa shape index (κ3) is 5.10. The van der Waals surface area contributed by atoms with Crippen molar-refractivity contribution in [2.75, 3.05) is 7.11 Å². The molecule has 0 saturated carbocycles. The Morgan fingerprint density at radius 2 is 1.83 bits per heavy atom. The molecule has 7 heteroatoms. The van der Waals surface area contributed by atoms with Crippen LogP contribution in [-0.2, 0) is 15.9 Å². The lowest BCUT2D eigenvalue weighted by molar-refractivity contribution is 0.00702. The first kappa shape index (κ1) is 21.6. The average Bonchev–Trinajstić information content (AvgIpc) is 3.16. The summed E-state index contributed by atoms with van der Waals surface area (Å²) in [6.07, 6.45) is 0.243. The van der Waals surface area contributed by atoms with Crippen molar-refractivity contribution in [3.05, 3.63) is 75.5 Å². The predicted molar refractivity (Wildman–Crippen MR) is 113 cm³/mol. The lowest BCUT2D eigenvalue weighted by Gasteiger charge is -2.20. The Bertz CT molecular complexity index is 1080.